The quantitative estimate of drug-likeness (QED) is 0.923. The van der Waals surface area contributed by atoms with Gasteiger partial charge in [0.1, 0.15) is 17.8 Å². The first kappa shape index (κ1) is 14.7. The number of benzene rings is 1. The number of ether oxygens (including phenoxy) is 1. The van der Waals surface area contributed by atoms with Gasteiger partial charge in [0.05, 0.1) is 0 Å². The molecule has 0 saturated heterocycles. The summed E-state index contributed by atoms with van der Waals surface area (Å²) < 4.78 is 42.0. The van der Waals surface area contributed by atoms with E-state index in [9.17, 15) is 23.1 Å². The van der Waals surface area contributed by atoms with Gasteiger partial charge in [-0.05, 0) is 30.9 Å². The minimum atomic E-state index is -4.26. The molecule has 0 saturated carbocycles. The molecule has 1 atom stereocenters. The number of carboxylic acid groups (broad SMARTS) is 1. The minimum Gasteiger partial charge on any atom is -0.492 e. The zero-order valence-corrected chi connectivity index (χ0v) is 10.7. The van der Waals surface area contributed by atoms with Crippen LogP contribution < -0.4 is 4.74 Å². The fourth-order valence-electron chi connectivity index (χ4n) is 2.45. The molecule has 0 amide bonds. The van der Waals surface area contributed by atoms with Gasteiger partial charge in [-0.2, -0.15) is 13.2 Å². The van der Waals surface area contributed by atoms with Crippen LogP contribution in [0.4, 0.5) is 13.2 Å². The number of hydrogen-bond acceptors (Lipinski definition) is 2. The van der Waals surface area contributed by atoms with Crippen LogP contribution in [0.1, 0.15) is 24.8 Å². The smallest absolute Gasteiger partial charge is 0.389 e. The number of aliphatic carboxylic acids is 1. The van der Waals surface area contributed by atoms with E-state index in [1.165, 1.54) is 0 Å². The van der Waals surface area contributed by atoms with Crippen LogP contribution >= 0.6 is 0 Å². The lowest BCUT2D eigenvalue weighted by Crippen LogP contribution is -2.42. The molecule has 1 aliphatic rings. The fourth-order valence-corrected chi connectivity index (χ4v) is 2.45. The number of halogens is 3. The average molecular weight is 288 g/mol. The molecule has 6 heteroatoms. The molecule has 110 valence electrons. The van der Waals surface area contributed by atoms with E-state index in [0.29, 0.717) is 5.75 Å². The highest BCUT2D eigenvalue weighted by molar-refractivity contribution is 5.76. The van der Waals surface area contributed by atoms with Gasteiger partial charge in [0.2, 0.25) is 0 Å². The number of rotatable bonds is 4. The topological polar surface area (TPSA) is 46.5 Å². The van der Waals surface area contributed by atoms with E-state index in [1.54, 1.807) is 24.3 Å². The van der Waals surface area contributed by atoms with E-state index in [-0.39, 0.29) is 25.9 Å². The minimum absolute atomic E-state index is 0.0455. The largest absolute Gasteiger partial charge is 0.492 e. The molecule has 1 aromatic rings. The summed E-state index contributed by atoms with van der Waals surface area (Å²) in [6.07, 6.45) is -5.27. The molecule has 0 aromatic heterocycles. The van der Waals surface area contributed by atoms with Crippen LogP contribution in [0.5, 0.6) is 5.75 Å². The standard InChI is InChI=1S/C14H15F3O3/c15-14(16,17)7-3-6-13(12(18)19)8-10-4-1-2-5-11(10)20-9-13/h1-2,4-5H,3,6-9H2,(H,18,19). The Labute approximate surface area is 114 Å². The summed E-state index contributed by atoms with van der Waals surface area (Å²) in [5, 5.41) is 9.38. The zero-order chi connectivity index (χ0) is 14.8. The molecule has 0 spiro atoms. The third kappa shape index (κ3) is 3.23. The van der Waals surface area contributed by atoms with Crippen LogP contribution in [0.2, 0.25) is 0 Å². The molecule has 20 heavy (non-hydrogen) atoms. The third-order valence-corrected chi connectivity index (χ3v) is 3.57. The van der Waals surface area contributed by atoms with Crippen molar-refractivity contribution < 1.29 is 27.8 Å². The predicted molar refractivity (Wildman–Crippen MR) is 65.6 cm³/mol. The highest BCUT2D eigenvalue weighted by atomic mass is 19.4. The maximum absolute atomic E-state index is 12.2. The molecule has 1 aromatic carbocycles. The second kappa shape index (κ2) is 5.34. The van der Waals surface area contributed by atoms with E-state index in [4.69, 9.17) is 4.74 Å². The average Bonchev–Trinajstić information content (AvgIpc) is 2.37. The highest BCUT2D eigenvalue weighted by Crippen LogP contribution is 2.39. The Hall–Kier alpha value is -1.72. The molecule has 3 nitrogen and oxygen atoms in total. The summed E-state index contributed by atoms with van der Waals surface area (Å²) in [7, 11) is 0. The summed E-state index contributed by atoms with van der Waals surface area (Å²) >= 11 is 0. The summed E-state index contributed by atoms with van der Waals surface area (Å²) in [4.78, 5) is 11.5. The van der Waals surface area contributed by atoms with E-state index >= 15 is 0 Å². The van der Waals surface area contributed by atoms with E-state index in [1.807, 2.05) is 0 Å². The fraction of sp³-hybridized carbons (Fsp3) is 0.500. The van der Waals surface area contributed by atoms with Crippen molar-refractivity contribution in [3.63, 3.8) is 0 Å². The molecule has 1 heterocycles. The van der Waals surface area contributed by atoms with E-state index in [2.05, 4.69) is 0 Å². The first-order chi connectivity index (χ1) is 9.32. The van der Waals surface area contributed by atoms with Gasteiger partial charge in [0.15, 0.2) is 0 Å². The van der Waals surface area contributed by atoms with E-state index in [0.717, 1.165) is 5.56 Å². The normalized spacial score (nSPS) is 21.9. The number of alkyl halides is 3. The van der Waals surface area contributed by atoms with Crippen molar-refractivity contribution in [2.45, 2.75) is 31.9 Å². The Morgan fingerprint density at radius 3 is 2.70 bits per heavy atom. The Kier molecular flexibility index (Phi) is 3.92. The lowest BCUT2D eigenvalue weighted by molar-refractivity contribution is -0.155. The molecule has 2 rings (SSSR count). The van der Waals surface area contributed by atoms with Gasteiger partial charge in [-0.15, -0.1) is 0 Å². The summed E-state index contributed by atoms with van der Waals surface area (Å²) in [5.74, 6) is -0.491. The van der Waals surface area contributed by atoms with Crippen LogP contribution in [0.15, 0.2) is 24.3 Å². The summed E-state index contributed by atoms with van der Waals surface area (Å²) in [6, 6.07) is 7.01. The molecule has 1 aliphatic heterocycles. The Morgan fingerprint density at radius 1 is 1.35 bits per heavy atom. The van der Waals surface area contributed by atoms with Crippen LogP contribution in [-0.2, 0) is 11.2 Å². The van der Waals surface area contributed by atoms with Crippen LogP contribution in [0.3, 0.4) is 0 Å². The van der Waals surface area contributed by atoms with Gasteiger partial charge >= 0.3 is 12.1 Å². The lowest BCUT2D eigenvalue weighted by atomic mass is 9.76. The zero-order valence-electron chi connectivity index (χ0n) is 10.7. The van der Waals surface area contributed by atoms with Crippen molar-refractivity contribution in [3.8, 4) is 5.75 Å². The van der Waals surface area contributed by atoms with Crippen molar-refractivity contribution >= 4 is 5.97 Å². The van der Waals surface area contributed by atoms with Gasteiger partial charge in [-0.25, -0.2) is 0 Å². The molecule has 0 bridgehead atoms. The van der Waals surface area contributed by atoms with Crippen LogP contribution in [-0.4, -0.2) is 23.9 Å². The second-order valence-corrected chi connectivity index (χ2v) is 5.13. The first-order valence-corrected chi connectivity index (χ1v) is 6.33. The Bertz CT molecular complexity index is 499. The molecule has 0 aliphatic carbocycles. The van der Waals surface area contributed by atoms with Crippen LogP contribution in [0, 0.1) is 5.41 Å². The number of para-hydroxylation sites is 1. The predicted octanol–water partition coefficient (Wildman–Crippen LogP) is 3.43. The number of carboxylic acids is 1. The van der Waals surface area contributed by atoms with E-state index < -0.39 is 24.0 Å². The van der Waals surface area contributed by atoms with Gasteiger partial charge in [-0.3, -0.25) is 4.79 Å². The molecule has 1 N–H and O–H groups in total. The van der Waals surface area contributed by atoms with Crippen molar-refractivity contribution in [2.24, 2.45) is 5.41 Å². The summed E-state index contributed by atoms with van der Waals surface area (Å²) in [6.45, 7) is -0.0861. The Balaban J connectivity index is 2.11. The third-order valence-electron chi connectivity index (χ3n) is 3.57. The lowest BCUT2D eigenvalue weighted by Gasteiger charge is -2.34. The SMILES string of the molecule is O=C(O)C1(CCCC(F)(F)F)COc2ccccc2C1. The maximum atomic E-state index is 12.2. The highest BCUT2D eigenvalue weighted by Gasteiger charge is 2.43. The first-order valence-electron chi connectivity index (χ1n) is 6.33. The molecule has 0 radical (unpaired) electrons. The summed E-state index contributed by atoms with van der Waals surface area (Å²) in [5.41, 5.74) is -0.535. The monoisotopic (exact) mass is 288 g/mol. The number of hydrogen-bond donors (Lipinski definition) is 1. The van der Waals surface area contributed by atoms with Crippen molar-refractivity contribution in [1.82, 2.24) is 0 Å². The van der Waals surface area contributed by atoms with Crippen LogP contribution in [0.25, 0.3) is 0 Å². The molecular formula is C14H15F3O3. The van der Waals surface area contributed by atoms with Crippen molar-refractivity contribution in [2.75, 3.05) is 6.61 Å². The van der Waals surface area contributed by atoms with Gasteiger partial charge in [0, 0.05) is 6.42 Å². The number of fused-ring (bicyclic) bond motifs is 1. The molecular weight excluding hydrogens is 273 g/mol. The molecule has 0 fully saturated rings. The second-order valence-electron chi connectivity index (χ2n) is 5.13. The maximum Gasteiger partial charge on any atom is 0.389 e. The van der Waals surface area contributed by atoms with Gasteiger partial charge in [0.25, 0.3) is 0 Å². The van der Waals surface area contributed by atoms with Gasteiger partial charge < -0.3 is 9.84 Å². The Morgan fingerprint density at radius 2 is 2.05 bits per heavy atom. The van der Waals surface area contributed by atoms with Crippen molar-refractivity contribution in [3.05, 3.63) is 29.8 Å². The van der Waals surface area contributed by atoms with Gasteiger partial charge in [-0.1, -0.05) is 18.2 Å². The molecule has 1 unspecified atom stereocenters. The number of carbonyl (C=O) groups is 1. The van der Waals surface area contributed by atoms with Crippen molar-refractivity contribution in [1.29, 1.82) is 0 Å².